The van der Waals surface area contributed by atoms with Crippen molar-refractivity contribution in [3.63, 3.8) is 0 Å². The average molecular weight is 455 g/mol. The van der Waals surface area contributed by atoms with Crippen molar-refractivity contribution in [1.82, 2.24) is 19.6 Å². The number of thioether (sulfide) groups is 1. The Morgan fingerprint density at radius 3 is 2.97 bits per heavy atom. The smallest absolute Gasteiger partial charge is 0.277 e. The van der Waals surface area contributed by atoms with Gasteiger partial charge >= 0.3 is 0 Å². The molecule has 0 aliphatic heterocycles. The summed E-state index contributed by atoms with van der Waals surface area (Å²) < 4.78 is 13.3. The van der Waals surface area contributed by atoms with Crippen molar-refractivity contribution in [2.24, 2.45) is 0 Å². The Hall–Kier alpha value is -2.65. The van der Waals surface area contributed by atoms with E-state index in [1.54, 1.807) is 21.8 Å². The predicted octanol–water partition coefficient (Wildman–Crippen LogP) is 4.51. The molecule has 0 bridgehead atoms. The molecule has 0 amide bonds. The molecule has 4 aromatic rings. The standard InChI is InChI=1S/C22H22N4O3S2/c1-13-7-8-14(2)17(9-13)28-11-19-24-25-22(29-19)30-12-15-10-20(27)26-16-5-3-4-6-18(16)31-21(26)23-15/h7-10H,3-6,11-12H2,1-2H3. The van der Waals surface area contributed by atoms with Crippen LogP contribution in [0.1, 0.15) is 46.1 Å². The van der Waals surface area contributed by atoms with Crippen LogP contribution in [0.25, 0.3) is 4.96 Å². The second-order valence-electron chi connectivity index (χ2n) is 7.69. The van der Waals surface area contributed by atoms with Crippen LogP contribution in [-0.2, 0) is 25.2 Å². The maximum Gasteiger partial charge on any atom is 0.277 e. The SMILES string of the molecule is Cc1ccc(C)c(OCc2nnc(SCc3cc(=O)n4c5c(sc4n3)CCCC5)o2)c1. The molecule has 1 aliphatic rings. The van der Waals surface area contributed by atoms with E-state index in [0.29, 0.717) is 16.9 Å². The number of aromatic nitrogens is 4. The van der Waals surface area contributed by atoms with Gasteiger partial charge in [-0.2, -0.15) is 0 Å². The van der Waals surface area contributed by atoms with E-state index in [0.717, 1.165) is 52.5 Å². The number of hydrogen-bond donors (Lipinski definition) is 0. The molecular weight excluding hydrogens is 432 g/mol. The van der Waals surface area contributed by atoms with Crippen LogP contribution in [0.4, 0.5) is 0 Å². The molecule has 0 saturated heterocycles. The molecule has 7 nitrogen and oxygen atoms in total. The Balaban J connectivity index is 1.25. The van der Waals surface area contributed by atoms with Gasteiger partial charge in [-0.25, -0.2) is 4.98 Å². The van der Waals surface area contributed by atoms with Gasteiger partial charge in [0.2, 0.25) is 0 Å². The number of thiazole rings is 1. The fourth-order valence-electron chi connectivity index (χ4n) is 3.71. The summed E-state index contributed by atoms with van der Waals surface area (Å²) in [5.41, 5.74) is 4.05. The fourth-order valence-corrected chi connectivity index (χ4v) is 5.61. The van der Waals surface area contributed by atoms with E-state index in [-0.39, 0.29) is 12.2 Å². The first-order valence-electron chi connectivity index (χ1n) is 10.3. The first-order chi connectivity index (χ1) is 15.1. The Labute approximate surface area is 187 Å². The van der Waals surface area contributed by atoms with E-state index in [2.05, 4.69) is 10.2 Å². The van der Waals surface area contributed by atoms with Crippen LogP contribution in [0, 0.1) is 13.8 Å². The highest BCUT2D eigenvalue weighted by Crippen LogP contribution is 2.29. The zero-order chi connectivity index (χ0) is 21.4. The van der Waals surface area contributed by atoms with Gasteiger partial charge in [0.15, 0.2) is 11.6 Å². The highest BCUT2D eigenvalue weighted by Gasteiger charge is 2.19. The summed E-state index contributed by atoms with van der Waals surface area (Å²) in [6.45, 7) is 4.24. The maximum atomic E-state index is 12.7. The van der Waals surface area contributed by atoms with E-state index in [9.17, 15) is 4.79 Å². The van der Waals surface area contributed by atoms with Crippen molar-refractivity contribution in [2.45, 2.75) is 57.1 Å². The Morgan fingerprint density at radius 2 is 2.06 bits per heavy atom. The number of hydrogen-bond acceptors (Lipinski definition) is 8. The Morgan fingerprint density at radius 1 is 1.19 bits per heavy atom. The molecule has 0 unspecified atom stereocenters. The molecule has 9 heteroatoms. The number of fused-ring (bicyclic) bond motifs is 3. The van der Waals surface area contributed by atoms with Crippen LogP contribution in [0.3, 0.4) is 0 Å². The highest BCUT2D eigenvalue weighted by atomic mass is 32.2. The second kappa shape index (κ2) is 8.47. The lowest BCUT2D eigenvalue weighted by Crippen LogP contribution is -2.17. The number of rotatable bonds is 6. The summed E-state index contributed by atoms with van der Waals surface area (Å²) in [5, 5.41) is 8.58. The van der Waals surface area contributed by atoms with E-state index < -0.39 is 0 Å². The van der Waals surface area contributed by atoms with Crippen LogP contribution in [0.15, 0.2) is 38.7 Å². The minimum absolute atomic E-state index is 0.00635. The molecule has 3 heterocycles. The van der Waals surface area contributed by atoms with Gasteiger partial charge in [0.1, 0.15) is 5.75 Å². The summed E-state index contributed by atoms with van der Waals surface area (Å²) in [6, 6.07) is 7.68. The fraction of sp³-hybridized carbons (Fsp3) is 0.364. The Bertz CT molecular complexity index is 1310. The van der Waals surface area contributed by atoms with E-state index in [1.807, 2.05) is 32.0 Å². The molecule has 0 saturated carbocycles. The summed E-state index contributed by atoms with van der Waals surface area (Å²) in [4.78, 5) is 19.5. The quantitative estimate of drug-likeness (QED) is 0.397. The van der Waals surface area contributed by atoms with Gasteiger partial charge in [-0.3, -0.25) is 9.20 Å². The molecular formula is C22H22N4O3S2. The van der Waals surface area contributed by atoms with Gasteiger partial charge < -0.3 is 9.15 Å². The number of benzene rings is 1. The first-order valence-corrected chi connectivity index (χ1v) is 12.1. The largest absolute Gasteiger partial charge is 0.484 e. The molecule has 1 aromatic carbocycles. The van der Waals surface area contributed by atoms with Crippen LogP contribution in [-0.4, -0.2) is 19.6 Å². The topological polar surface area (TPSA) is 82.5 Å². The van der Waals surface area contributed by atoms with Crippen LogP contribution in [0.2, 0.25) is 0 Å². The van der Waals surface area contributed by atoms with Gasteiger partial charge in [-0.1, -0.05) is 23.9 Å². The third kappa shape index (κ3) is 4.24. The van der Waals surface area contributed by atoms with E-state index in [4.69, 9.17) is 14.1 Å². The van der Waals surface area contributed by atoms with Gasteiger partial charge in [0.25, 0.3) is 16.7 Å². The minimum atomic E-state index is -0.00635. The summed E-state index contributed by atoms with van der Waals surface area (Å²) in [7, 11) is 0. The summed E-state index contributed by atoms with van der Waals surface area (Å²) in [6.07, 6.45) is 4.32. The molecule has 0 atom stereocenters. The van der Waals surface area contributed by atoms with Gasteiger partial charge in [0, 0.05) is 22.4 Å². The maximum absolute atomic E-state index is 12.7. The van der Waals surface area contributed by atoms with Crippen molar-refractivity contribution >= 4 is 28.1 Å². The minimum Gasteiger partial charge on any atom is -0.484 e. The number of nitrogens with zero attached hydrogens (tertiary/aromatic N) is 4. The first kappa shape index (κ1) is 20.3. The molecule has 31 heavy (non-hydrogen) atoms. The average Bonchev–Trinajstić information content (AvgIpc) is 3.37. The molecule has 0 spiro atoms. The monoisotopic (exact) mass is 454 g/mol. The van der Waals surface area contributed by atoms with Gasteiger partial charge in [-0.05, 0) is 56.7 Å². The number of ether oxygens (including phenoxy) is 1. The van der Waals surface area contributed by atoms with Gasteiger partial charge in [0.05, 0.1) is 5.69 Å². The van der Waals surface area contributed by atoms with Crippen LogP contribution >= 0.6 is 23.1 Å². The van der Waals surface area contributed by atoms with Crippen molar-refractivity contribution < 1.29 is 9.15 Å². The molecule has 0 N–H and O–H groups in total. The zero-order valence-electron chi connectivity index (χ0n) is 17.4. The molecule has 3 aromatic heterocycles. The molecule has 5 rings (SSSR count). The van der Waals surface area contributed by atoms with Crippen molar-refractivity contribution in [3.05, 3.63) is 67.9 Å². The van der Waals surface area contributed by atoms with Crippen molar-refractivity contribution in [2.75, 3.05) is 0 Å². The zero-order valence-corrected chi connectivity index (χ0v) is 19.0. The molecule has 0 fully saturated rings. The normalized spacial score (nSPS) is 13.5. The molecule has 1 aliphatic carbocycles. The third-order valence-corrected chi connectivity index (χ3v) is 7.30. The second-order valence-corrected chi connectivity index (χ2v) is 9.68. The molecule has 0 radical (unpaired) electrons. The lowest BCUT2D eigenvalue weighted by Gasteiger charge is -2.09. The predicted molar refractivity (Wildman–Crippen MR) is 120 cm³/mol. The van der Waals surface area contributed by atoms with Crippen molar-refractivity contribution in [1.29, 1.82) is 0 Å². The summed E-state index contributed by atoms with van der Waals surface area (Å²) >= 11 is 3.01. The highest BCUT2D eigenvalue weighted by molar-refractivity contribution is 7.98. The summed E-state index contributed by atoms with van der Waals surface area (Å²) in [5.74, 6) is 1.72. The van der Waals surface area contributed by atoms with Crippen molar-refractivity contribution in [3.8, 4) is 5.75 Å². The van der Waals surface area contributed by atoms with Gasteiger partial charge in [-0.15, -0.1) is 21.5 Å². The van der Waals surface area contributed by atoms with E-state index >= 15 is 0 Å². The Kier molecular flexibility index (Phi) is 5.54. The number of aryl methyl sites for hydroxylation is 4. The van der Waals surface area contributed by atoms with E-state index in [1.165, 1.54) is 23.1 Å². The molecule has 160 valence electrons. The van der Waals surface area contributed by atoms with Crippen LogP contribution in [0.5, 0.6) is 5.75 Å². The lowest BCUT2D eigenvalue weighted by atomic mass is 10.0. The van der Waals surface area contributed by atoms with Crippen LogP contribution < -0.4 is 10.3 Å². The third-order valence-electron chi connectivity index (χ3n) is 5.30. The lowest BCUT2D eigenvalue weighted by molar-refractivity contribution is 0.250.